The Bertz CT molecular complexity index is 405. The molecule has 1 atom stereocenters. The first-order valence-electron chi connectivity index (χ1n) is 7.96. The Hall–Kier alpha value is -0.170. The van der Waals surface area contributed by atoms with Crippen LogP contribution in [0, 0.1) is 11.3 Å². The third kappa shape index (κ3) is 3.72. The Balaban J connectivity index is 1.93. The lowest BCUT2D eigenvalue weighted by molar-refractivity contribution is 0.256. The average molecular weight is 303 g/mol. The lowest BCUT2D eigenvalue weighted by atomic mass is 9.84. The monoisotopic (exact) mass is 303 g/mol. The highest BCUT2D eigenvalue weighted by Crippen LogP contribution is 2.40. The van der Waals surface area contributed by atoms with Crippen molar-refractivity contribution in [2.45, 2.75) is 51.9 Å². The molecule has 20 heavy (non-hydrogen) atoms. The molecule has 1 aliphatic heterocycles. The Morgan fingerprint density at radius 1 is 1.30 bits per heavy atom. The quantitative estimate of drug-likeness (QED) is 0.780. The molecule has 0 radical (unpaired) electrons. The summed E-state index contributed by atoms with van der Waals surface area (Å²) in [5, 5.41) is 0. The van der Waals surface area contributed by atoms with Crippen LogP contribution in [-0.2, 0) is 10.2 Å². The lowest BCUT2D eigenvalue weighted by Gasteiger charge is -2.33. The first-order valence-corrected chi connectivity index (χ1v) is 9.40. The van der Waals surface area contributed by atoms with E-state index in [1.807, 2.05) is 0 Å². The third-order valence-electron chi connectivity index (χ3n) is 5.20. The van der Waals surface area contributed by atoms with Gasteiger partial charge in [0.25, 0.3) is 10.2 Å². The fourth-order valence-corrected chi connectivity index (χ4v) is 5.00. The molecule has 5 nitrogen and oxygen atoms in total. The van der Waals surface area contributed by atoms with E-state index < -0.39 is 10.2 Å². The molecule has 1 unspecified atom stereocenters. The van der Waals surface area contributed by atoms with E-state index in [1.165, 1.54) is 12.8 Å². The van der Waals surface area contributed by atoms with E-state index in [4.69, 9.17) is 5.73 Å². The number of hydrogen-bond acceptors (Lipinski definition) is 3. The molecule has 0 aromatic heterocycles. The van der Waals surface area contributed by atoms with E-state index in [1.54, 1.807) is 4.31 Å². The largest absolute Gasteiger partial charge is 0.330 e. The molecule has 2 rings (SSSR count). The van der Waals surface area contributed by atoms with Gasteiger partial charge >= 0.3 is 0 Å². The number of nitrogens with two attached hydrogens (primary N) is 1. The second kappa shape index (κ2) is 6.73. The van der Waals surface area contributed by atoms with E-state index in [0.717, 1.165) is 32.1 Å². The van der Waals surface area contributed by atoms with Gasteiger partial charge in [0, 0.05) is 19.6 Å². The van der Waals surface area contributed by atoms with E-state index in [0.29, 0.717) is 32.1 Å². The van der Waals surface area contributed by atoms with Crippen molar-refractivity contribution < 1.29 is 8.42 Å². The van der Waals surface area contributed by atoms with Crippen molar-refractivity contribution >= 4 is 10.2 Å². The zero-order valence-electron chi connectivity index (χ0n) is 12.6. The molecule has 118 valence electrons. The van der Waals surface area contributed by atoms with Crippen molar-refractivity contribution in [3.63, 3.8) is 0 Å². The Morgan fingerprint density at radius 3 is 2.60 bits per heavy atom. The summed E-state index contributed by atoms with van der Waals surface area (Å²) in [5.74, 6) is 0.312. The highest BCUT2D eigenvalue weighted by atomic mass is 32.2. The van der Waals surface area contributed by atoms with Gasteiger partial charge < -0.3 is 5.73 Å². The Kier molecular flexibility index (Phi) is 5.45. The van der Waals surface area contributed by atoms with Crippen LogP contribution in [0.5, 0.6) is 0 Å². The van der Waals surface area contributed by atoms with E-state index in [2.05, 4.69) is 11.6 Å². The molecular formula is C14H29N3O2S. The first-order chi connectivity index (χ1) is 9.51. The van der Waals surface area contributed by atoms with Gasteiger partial charge in [0.15, 0.2) is 0 Å². The highest BCUT2D eigenvalue weighted by molar-refractivity contribution is 7.87. The number of hydrogen-bond donors (Lipinski definition) is 2. The second-order valence-electron chi connectivity index (χ2n) is 6.49. The molecule has 0 aromatic carbocycles. The summed E-state index contributed by atoms with van der Waals surface area (Å²) in [5.41, 5.74) is 5.87. The van der Waals surface area contributed by atoms with Crippen molar-refractivity contribution in [3.05, 3.63) is 0 Å². The van der Waals surface area contributed by atoms with Gasteiger partial charge in [-0.2, -0.15) is 12.7 Å². The molecule has 1 saturated carbocycles. The summed E-state index contributed by atoms with van der Waals surface area (Å²) < 4.78 is 29.3. The summed E-state index contributed by atoms with van der Waals surface area (Å²) in [6, 6.07) is 0. The minimum Gasteiger partial charge on any atom is -0.330 e. The predicted octanol–water partition coefficient (Wildman–Crippen LogP) is 1.46. The van der Waals surface area contributed by atoms with Crippen LogP contribution in [0.25, 0.3) is 0 Å². The molecule has 6 heteroatoms. The Labute approximate surface area is 123 Å². The van der Waals surface area contributed by atoms with Crippen LogP contribution in [0.4, 0.5) is 0 Å². The van der Waals surface area contributed by atoms with Crippen LogP contribution < -0.4 is 10.5 Å². The minimum absolute atomic E-state index is 0.191. The van der Waals surface area contributed by atoms with Gasteiger partial charge in [-0.05, 0) is 50.0 Å². The van der Waals surface area contributed by atoms with Crippen molar-refractivity contribution in [3.8, 4) is 0 Å². The van der Waals surface area contributed by atoms with Gasteiger partial charge in [0.2, 0.25) is 0 Å². The van der Waals surface area contributed by atoms with E-state index in [-0.39, 0.29) is 5.41 Å². The molecule has 0 bridgehead atoms. The van der Waals surface area contributed by atoms with Gasteiger partial charge in [0.05, 0.1) is 0 Å². The van der Waals surface area contributed by atoms with Gasteiger partial charge in [-0.3, -0.25) is 0 Å². The van der Waals surface area contributed by atoms with Gasteiger partial charge in [-0.1, -0.05) is 19.8 Å². The van der Waals surface area contributed by atoms with E-state index in [9.17, 15) is 8.42 Å². The molecule has 0 spiro atoms. The summed E-state index contributed by atoms with van der Waals surface area (Å²) in [7, 11) is -3.33. The molecule has 0 amide bonds. The lowest BCUT2D eigenvalue weighted by Crippen LogP contribution is -2.49. The van der Waals surface area contributed by atoms with Crippen molar-refractivity contribution in [2.24, 2.45) is 17.1 Å². The Morgan fingerprint density at radius 2 is 2.00 bits per heavy atom. The van der Waals surface area contributed by atoms with Crippen molar-refractivity contribution in [1.29, 1.82) is 0 Å². The smallest absolute Gasteiger partial charge is 0.279 e. The zero-order chi connectivity index (χ0) is 14.6. The topological polar surface area (TPSA) is 75.4 Å². The normalized spacial score (nSPS) is 27.8. The van der Waals surface area contributed by atoms with Crippen molar-refractivity contribution in [1.82, 2.24) is 9.03 Å². The molecule has 0 aromatic rings. The maximum absolute atomic E-state index is 12.4. The highest BCUT2D eigenvalue weighted by Gasteiger charge is 2.35. The van der Waals surface area contributed by atoms with Crippen LogP contribution in [0.1, 0.15) is 51.9 Å². The van der Waals surface area contributed by atoms with Crippen LogP contribution in [0.2, 0.25) is 0 Å². The minimum atomic E-state index is -3.33. The van der Waals surface area contributed by atoms with E-state index >= 15 is 0 Å². The SMILES string of the molecule is CCC1(CNS(=O)(=O)N2CCCC(CN)C2)CCCC1. The molecule has 1 aliphatic carbocycles. The van der Waals surface area contributed by atoms with Crippen molar-refractivity contribution in [2.75, 3.05) is 26.2 Å². The fraction of sp³-hybridized carbons (Fsp3) is 1.00. The second-order valence-corrected chi connectivity index (χ2v) is 8.24. The summed E-state index contributed by atoms with van der Waals surface area (Å²) in [4.78, 5) is 0. The maximum atomic E-state index is 12.4. The number of nitrogens with zero attached hydrogens (tertiary/aromatic N) is 1. The molecular weight excluding hydrogens is 274 g/mol. The molecule has 1 saturated heterocycles. The third-order valence-corrected chi connectivity index (χ3v) is 6.72. The van der Waals surface area contributed by atoms with Gasteiger partial charge in [-0.25, -0.2) is 4.72 Å². The average Bonchev–Trinajstić information content (AvgIpc) is 2.95. The van der Waals surface area contributed by atoms with Crippen LogP contribution in [0.15, 0.2) is 0 Å². The molecule has 1 heterocycles. The summed E-state index contributed by atoms with van der Waals surface area (Å²) in [6.45, 7) is 4.54. The summed E-state index contributed by atoms with van der Waals surface area (Å²) in [6.07, 6.45) is 7.78. The van der Waals surface area contributed by atoms with Gasteiger partial charge in [0.1, 0.15) is 0 Å². The number of rotatable bonds is 6. The molecule has 2 fully saturated rings. The van der Waals surface area contributed by atoms with Gasteiger partial charge in [-0.15, -0.1) is 0 Å². The fourth-order valence-electron chi connectivity index (χ4n) is 3.55. The number of nitrogens with one attached hydrogen (secondary N) is 1. The predicted molar refractivity (Wildman–Crippen MR) is 81.5 cm³/mol. The molecule has 3 N–H and O–H groups in total. The standard InChI is InChI=1S/C14H29N3O2S/c1-2-14(7-3-4-8-14)12-16-20(18,19)17-9-5-6-13(10-15)11-17/h13,16H,2-12,15H2,1H3. The summed E-state index contributed by atoms with van der Waals surface area (Å²) >= 11 is 0. The van der Waals surface area contributed by atoms with Crippen LogP contribution >= 0.6 is 0 Å². The number of piperidine rings is 1. The zero-order valence-corrected chi connectivity index (χ0v) is 13.4. The van der Waals surface area contributed by atoms with Crippen LogP contribution in [-0.4, -0.2) is 38.9 Å². The first kappa shape index (κ1) is 16.2. The van der Waals surface area contributed by atoms with Crippen LogP contribution in [0.3, 0.4) is 0 Å². The maximum Gasteiger partial charge on any atom is 0.279 e. The molecule has 2 aliphatic rings.